The predicted molar refractivity (Wildman–Crippen MR) is 56.6 cm³/mol. The van der Waals surface area contributed by atoms with Gasteiger partial charge in [0.2, 0.25) is 0 Å². The molecule has 0 aromatic rings. The average molecular weight is 181 g/mol. The van der Waals surface area contributed by atoms with Crippen LogP contribution in [0.2, 0.25) is 0 Å². The maximum absolute atomic E-state index is 3.34. The van der Waals surface area contributed by atoms with Gasteiger partial charge in [-0.2, -0.15) is 0 Å². The lowest BCUT2D eigenvalue weighted by molar-refractivity contribution is 0.145. The van der Waals surface area contributed by atoms with E-state index in [1.54, 1.807) is 0 Å². The molecule has 0 bridgehead atoms. The van der Waals surface area contributed by atoms with Crippen molar-refractivity contribution in [1.82, 2.24) is 5.32 Å². The Kier molecular flexibility index (Phi) is 2.39. The highest BCUT2D eigenvalue weighted by Gasteiger charge is 2.58. The largest absolute Gasteiger partial charge is 0.319 e. The first-order valence-corrected chi connectivity index (χ1v) is 5.85. The van der Waals surface area contributed by atoms with Gasteiger partial charge in [0.15, 0.2) is 0 Å². The van der Waals surface area contributed by atoms with E-state index in [-0.39, 0.29) is 0 Å². The Morgan fingerprint density at radius 1 is 1.38 bits per heavy atom. The second-order valence-electron chi connectivity index (χ2n) is 5.35. The monoisotopic (exact) mass is 181 g/mol. The van der Waals surface area contributed by atoms with Crippen LogP contribution in [0.4, 0.5) is 0 Å². The molecule has 1 spiro atoms. The van der Waals surface area contributed by atoms with E-state index in [2.05, 4.69) is 26.2 Å². The molecule has 0 amide bonds. The maximum atomic E-state index is 3.34. The number of hydrogen-bond donors (Lipinski definition) is 1. The topological polar surface area (TPSA) is 12.0 Å². The SMILES string of the molecule is CNCC1CC12CCCC(C)C2C. The third-order valence-corrected chi connectivity index (χ3v) is 4.79. The molecular weight excluding hydrogens is 158 g/mol. The zero-order valence-corrected chi connectivity index (χ0v) is 9.27. The normalized spacial score (nSPS) is 49.6. The summed E-state index contributed by atoms with van der Waals surface area (Å²) in [5, 5.41) is 3.34. The molecule has 0 radical (unpaired) electrons. The first kappa shape index (κ1) is 9.51. The fourth-order valence-electron chi connectivity index (χ4n) is 3.58. The van der Waals surface area contributed by atoms with Crippen LogP contribution in [0.15, 0.2) is 0 Å². The molecule has 1 N–H and O–H groups in total. The summed E-state index contributed by atoms with van der Waals surface area (Å²) in [5.41, 5.74) is 0.765. The van der Waals surface area contributed by atoms with Crippen LogP contribution in [-0.2, 0) is 0 Å². The molecule has 4 atom stereocenters. The van der Waals surface area contributed by atoms with E-state index in [0.717, 1.165) is 23.2 Å². The minimum Gasteiger partial charge on any atom is -0.319 e. The molecule has 0 heterocycles. The summed E-state index contributed by atoms with van der Waals surface area (Å²) < 4.78 is 0. The van der Waals surface area contributed by atoms with Gasteiger partial charge in [0.25, 0.3) is 0 Å². The summed E-state index contributed by atoms with van der Waals surface area (Å²) in [6, 6.07) is 0. The molecule has 1 nitrogen and oxygen atoms in total. The van der Waals surface area contributed by atoms with Gasteiger partial charge in [-0.05, 0) is 49.6 Å². The van der Waals surface area contributed by atoms with Gasteiger partial charge in [-0.3, -0.25) is 0 Å². The van der Waals surface area contributed by atoms with Crippen LogP contribution in [0.1, 0.15) is 39.5 Å². The van der Waals surface area contributed by atoms with Gasteiger partial charge in [-0.25, -0.2) is 0 Å². The van der Waals surface area contributed by atoms with E-state index in [4.69, 9.17) is 0 Å². The predicted octanol–water partition coefficient (Wildman–Crippen LogP) is 2.67. The van der Waals surface area contributed by atoms with Crippen LogP contribution in [-0.4, -0.2) is 13.6 Å². The van der Waals surface area contributed by atoms with E-state index in [9.17, 15) is 0 Å². The highest BCUT2D eigenvalue weighted by Crippen LogP contribution is 2.64. The van der Waals surface area contributed by atoms with Gasteiger partial charge in [0.05, 0.1) is 0 Å². The van der Waals surface area contributed by atoms with E-state index < -0.39 is 0 Å². The molecule has 76 valence electrons. The van der Waals surface area contributed by atoms with Crippen molar-refractivity contribution >= 4 is 0 Å². The quantitative estimate of drug-likeness (QED) is 0.690. The summed E-state index contributed by atoms with van der Waals surface area (Å²) in [6.07, 6.45) is 5.95. The first-order chi connectivity index (χ1) is 6.20. The lowest BCUT2D eigenvalue weighted by Gasteiger charge is -2.35. The summed E-state index contributed by atoms with van der Waals surface area (Å²) >= 11 is 0. The van der Waals surface area contributed by atoms with Crippen LogP contribution in [0.5, 0.6) is 0 Å². The Labute approximate surface area is 82.3 Å². The van der Waals surface area contributed by atoms with Crippen LogP contribution in [0.3, 0.4) is 0 Å². The minimum absolute atomic E-state index is 0.765. The molecule has 2 saturated carbocycles. The van der Waals surface area contributed by atoms with Crippen molar-refractivity contribution in [2.24, 2.45) is 23.2 Å². The molecule has 1 heteroatoms. The number of hydrogen-bond acceptors (Lipinski definition) is 1. The maximum Gasteiger partial charge on any atom is -0.00179 e. The molecule has 0 aromatic carbocycles. The Morgan fingerprint density at radius 3 is 2.85 bits per heavy atom. The zero-order valence-electron chi connectivity index (χ0n) is 9.27. The van der Waals surface area contributed by atoms with Crippen LogP contribution in [0.25, 0.3) is 0 Å². The lowest BCUT2D eigenvalue weighted by atomic mass is 9.70. The average Bonchev–Trinajstić information content (AvgIpc) is 2.77. The standard InChI is InChI=1S/C12H23N/c1-9-5-4-6-12(10(9)2)7-11(12)8-13-3/h9-11,13H,4-8H2,1-3H3. The van der Waals surface area contributed by atoms with Crippen LogP contribution < -0.4 is 5.32 Å². The number of nitrogens with one attached hydrogen (secondary N) is 1. The Balaban J connectivity index is 1.99. The fraction of sp³-hybridized carbons (Fsp3) is 1.00. The smallest absolute Gasteiger partial charge is 0.00179 e. The summed E-state index contributed by atoms with van der Waals surface area (Å²) in [5.74, 6) is 2.94. The third-order valence-electron chi connectivity index (χ3n) is 4.79. The summed E-state index contributed by atoms with van der Waals surface area (Å²) in [7, 11) is 2.09. The van der Waals surface area contributed by atoms with Crippen molar-refractivity contribution in [2.45, 2.75) is 39.5 Å². The Bertz CT molecular complexity index is 190. The third kappa shape index (κ3) is 1.41. The molecule has 13 heavy (non-hydrogen) atoms. The fourth-order valence-corrected chi connectivity index (χ4v) is 3.58. The number of rotatable bonds is 2. The van der Waals surface area contributed by atoms with Crippen molar-refractivity contribution in [3.8, 4) is 0 Å². The van der Waals surface area contributed by atoms with Gasteiger partial charge < -0.3 is 5.32 Å². The highest BCUT2D eigenvalue weighted by atomic mass is 14.8. The van der Waals surface area contributed by atoms with Gasteiger partial charge in [0, 0.05) is 0 Å². The van der Waals surface area contributed by atoms with Crippen molar-refractivity contribution < 1.29 is 0 Å². The molecule has 2 aliphatic rings. The van der Waals surface area contributed by atoms with Crippen molar-refractivity contribution in [2.75, 3.05) is 13.6 Å². The summed E-state index contributed by atoms with van der Waals surface area (Å²) in [4.78, 5) is 0. The van der Waals surface area contributed by atoms with Crippen LogP contribution in [0, 0.1) is 23.2 Å². The molecule has 2 rings (SSSR count). The van der Waals surface area contributed by atoms with E-state index in [1.165, 1.54) is 32.2 Å². The van der Waals surface area contributed by atoms with Crippen molar-refractivity contribution in [3.63, 3.8) is 0 Å². The second-order valence-corrected chi connectivity index (χ2v) is 5.35. The van der Waals surface area contributed by atoms with Gasteiger partial charge in [0.1, 0.15) is 0 Å². The van der Waals surface area contributed by atoms with Gasteiger partial charge in [-0.15, -0.1) is 0 Å². The van der Waals surface area contributed by atoms with E-state index in [1.807, 2.05) is 0 Å². The molecule has 0 aromatic heterocycles. The van der Waals surface area contributed by atoms with E-state index in [0.29, 0.717) is 0 Å². The van der Waals surface area contributed by atoms with Crippen LogP contribution >= 0.6 is 0 Å². The zero-order chi connectivity index (χ0) is 9.47. The lowest BCUT2D eigenvalue weighted by Crippen LogP contribution is -2.29. The molecule has 0 aliphatic heterocycles. The highest BCUT2D eigenvalue weighted by molar-refractivity contribution is 5.08. The molecule has 0 saturated heterocycles. The van der Waals surface area contributed by atoms with Gasteiger partial charge >= 0.3 is 0 Å². The van der Waals surface area contributed by atoms with Crippen molar-refractivity contribution in [1.29, 1.82) is 0 Å². The molecular formula is C12H23N. The van der Waals surface area contributed by atoms with Gasteiger partial charge in [-0.1, -0.05) is 26.7 Å². The Morgan fingerprint density at radius 2 is 2.15 bits per heavy atom. The molecule has 4 unspecified atom stereocenters. The van der Waals surface area contributed by atoms with Crippen molar-refractivity contribution in [3.05, 3.63) is 0 Å². The van der Waals surface area contributed by atoms with E-state index >= 15 is 0 Å². The Hall–Kier alpha value is -0.0400. The first-order valence-electron chi connectivity index (χ1n) is 5.85. The minimum atomic E-state index is 0.765. The second kappa shape index (κ2) is 3.27. The molecule has 2 fully saturated rings. The molecule has 2 aliphatic carbocycles. The summed E-state index contributed by atoms with van der Waals surface area (Å²) in [6.45, 7) is 6.18.